The monoisotopic (exact) mass is 452 g/mol. The number of pyridine rings is 1. The van der Waals surface area contributed by atoms with Gasteiger partial charge in [-0.05, 0) is 40.3 Å². The van der Waals surface area contributed by atoms with E-state index in [4.69, 9.17) is 11.5 Å². The number of amides is 1. The van der Waals surface area contributed by atoms with Crippen molar-refractivity contribution >= 4 is 28.3 Å². The van der Waals surface area contributed by atoms with E-state index in [-0.39, 0.29) is 5.91 Å². The number of nitrogens with one attached hydrogen (secondary N) is 1. The molecule has 0 saturated heterocycles. The quantitative estimate of drug-likeness (QED) is 0.348. The Morgan fingerprint density at radius 1 is 0.912 bits per heavy atom. The molecule has 0 bridgehead atoms. The van der Waals surface area contributed by atoms with Crippen molar-refractivity contribution in [2.45, 2.75) is 19.6 Å². The summed E-state index contributed by atoms with van der Waals surface area (Å²) < 4.78 is 3.50. The largest absolute Gasteiger partial charge is 0.383 e. The summed E-state index contributed by atoms with van der Waals surface area (Å²) in [6, 6.07) is 17.8. The second kappa shape index (κ2) is 9.07. The second-order valence-electron chi connectivity index (χ2n) is 8.06. The van der Waals surface area contributed by atoms with Crippen LogP contribution in [0.25, 0.3) is 10.8 Å². The van der Waals surface area contributed by atoms with Gasteiger partial charge in [-0.15, -0.1) is 0 Å². The van der Waals surface area contributed by atoms with Gasteiger partial charge in [0, 0.05) is 30.5 Å². The number of nitrogens with zero attached hydrogens (tertiary/aromatic N) is 5. The average molecular weight is 453 g/mol. The number of nitrogen functional groups attached to an aromatic ring is 2. The lowest BCUT2D eigenvalue weighted by atomic mass is 10.1. The molecule has 2 aromatic carbocycles. The standard InChI is InChI=1S/C25H24N8O/c26-23-21-7-6-19(12-20(21)8-10-28-23)13-29-25(34)22-14-31-33(24(22)27)16-18-4-2-17(3-5-18)15-32-11-1-9-30-32/h1-12,14H,13,15-16,27H2,(H2,26,28)(H,29,34). The number of benzene rings is 2. The van der Waals surface area contributed by atoms with E-state index in [1.54, 1.807) is 17.1 Å². The van der Waals surface area contributed by atoms with Crippen LogP contribution < -0.4 is 16.8 Å². The molecule has 34 heavy (non-hydrogen) atoms. The van der Waals surface area contributed by atoms with Gasteiger partial charge in [-0.3, -0.25) is 9.48 Å². The molecule has 3 heterocycles. The van der Waals surface area contributed by atoms with Crippen LogP contribution in [-0.4, -0.2) is 30.5 Å². The van der Waals surface area contributed by atoms with E-state index in [1.165, 1.54) is 6.20 Å². The lowest BCUT2D eigenvalue weighted by Crippen LogP contribution is -2.23. The van der Waals surface area contributed by atoms with Gasteiger partial charge in [0.05, 0.1) is 19.3 Å². The van der Waals surface area contributed by atoms with Gasteiger partial charge < -0.3 is 16.8 Å². The van der Waals surface area contributed by atoms with E-state index in [1.807, 2.05) is 53.3 Å². The van der Waals surface area contributed by atoms with E-state index in [9.17, 15) is 4.79 Å². The Kier molecular flexibility index (Phi) is 5.65. The van der Waals surface area contributed by atoms with Crippen molar-refractivity contribution in [1.82, 2.24) is 29.9 Å². The maximum absolute atomic E-state index is 12.7. The fourth-order valence-electron chi connectivity index (χ4n) is 3.84. The minimum Gasteiger partial charge on any atom is -0.383 e. The van der Waals surface area contributed by atoms with Gasteiger partial charge in [0.25, 0.3) is 5.91 Å². The third kappa shape index (κ3) is 4.44. The zero-order chi connectivity index (χ0) is 23.5. The third-order valence-electron chi connectivity index (χ3n) is 5.70. The molecule has 1 amide bonds. The van der Waals surface area contributed by atoms with Crippen LogP contribution in [0.15, 0.2) is 79.4 Å². The van der Waals surface area contributed by atoms with E-state index in [2.05, 4.69) is 32.6 Å². The Morgan fingerprint density at radius 2 is 1.68 bits per heavy atom. The molecule has 9 heteroatoms. The van der Waals surface area contributed by atoms with Crippen LogP contribution in [0.3, 0.4) is 0 Å². The van der Waals surface area contributed by atoms with Crippen molar-refractivity contribution in [1.29, 1.82) is 0 Å². The highest BCUT2D eigenvalue weighted by molar-refractivity contribution is 5.98. The number of hydrogen-bond acceptors (Lipinski definition) is 6. The summed E-state index contributed by atoms with van der Waals surface area (Å²) in [6.45, 7) is 1.55. The van der Waals surface area contributed by atoms with Crippen LogP contribution in [0, 0.1) is 0 Å². The zero-order valence-corrected chi connectivity index (χ0v) is 18.4. The first-order valence-electron chi connectivity index (χ1n) is 10.8. The topological polar surface area (TPSA) is 130 Å². The molecule has 0 radical (unpaired) electrons. The Bertz CT molecular complexity index is 1440. The smallest absolute Gasteiger partial charge is 0.256 e. The first-order chi connectivity index (χ1) is 16.6. The molecular formula is C25H24N8O. The Balaban J connectivity index is 1.22. The molecule has 170 valence electrons. The summed E-state index contributed by atoms with van der Waals surface area (Å²) in [4.78, 5) is 16.8. The van der Waals surface area contributed by atoms with Crippen LogP contribution in [-0.2, 0) is 19.6 Å². The van der Waals surface area contributed by atoms with E-state index in [0.29, 0.717) is 36.8 Å². The molecule has 0 unspecified atom stereocenters. The highest BCUT2D eigenvalue weighted by Gasteiger charge is 2.15. The Hall–Kier alpha value is -4.66. The minimum atomic E-state index is -0.271. The van der Waals surface area contributed by atoms with Crippen LogP contribution in [0.1, 0.15) is 27.0 Å². The van der Waals surface area contributed by atoms with E-state index >= 15 is 0 Å². The first-order valence-corrected chi connectivity index (χ1v) is 10.8. The number of fused-ring (bicyclic) bond motifs is 1. The molecule has 3 aromatic heterocycles. The van der Waals surface area contributed by atoms with Crippen LogP contribution in [0.2, 0.25) is 0 Å². The molecule has 5 aromatic rings. The molecule has 0 fully saturated rings. The van der Waals surface area contributed by atoms with Crippen molar-refractivity contribution < 1.29 is 4.79 Å². The summed E-state index contributed by atoms with van der Waals surface area (Å²) in [6.07, 6.45) is 6.86. The fraction of sp³-hybridized carbons (Fsp3) is 0.120. The molecule has 9 nitrogen and oxygen atoms in total. The van der Waals surface area contributed by atoms with Gasteiger partial charge in [0.1, 0.15) is 17.2 Å². The highest BCUT2D eigenvalue weighted by atomic mass is 16.1. The molecular weight excluding hydrogens is 428 g/mol. The van der Waals surface area contributed by atoms with E-state index < -0.39 is 0 Å². The van der Waals surface area contributed by atoms with Crippen molar-refractivity contribution in [3.05, 3.63) is 102 Å². The summed E-state index contributed by atoms with van der Waals surface area (Å²) in [5.74, 6) is 0.545. The predicted octanol–water partition coefficient (Wildman–Crippen LogP) is 2.82. The molecule has 5 N–H and O–H groups in total. The van der Waals surface area contributed by atoms with Crippen molar-refractivity contribution in [3.8, 4) is 0 Å². The molecule has 0 aliphatic rings. The van der Waals surface area contributed by atoms with E-state index in [0.717, 1.165) is 27.5 Å². The maximum atomic E-state index is 12.7. The predicted molar refractivity (Wildman–Crippen MR) is 131 cm³/mol. The molecule has 0 aliphatic carbocycles. The lowest BCUT2D eigenvalue weighted by molar-refractivity contribution is 0.0951. The summed E-state index contributed by atoms with van der Waals surface area (Å²) in [5.41, 5.74) is 15.6. The Morgan fingerprint density at radius 3 is 2.44 bits per heavy atom. The highest BCUT2D eigenvalue weighted by Crippen LogP contribution is 2.20. The van der Waals surface area contributed by atoms with Gasteiger partial charge in [0.2, 0.25) is 0 Å². The van der Waals surface area contributed by atoms with Crippen LogP contribution >= 0.6 is 0 Å². The maximum Gasteiger partial charge on any atom is 0.256 e. The average Bonchev–Trinajstić information content (AvgIpc) is 3.49. The number of rotatable bonds is 7. The molecule has 0 spiro atoms. The lowest BCUT2D eigenvalue weighted by Gasteiger charge is -2.09. The van der Waals surface area contributed by atoms with Crippen LogP contribution in [0.5, 0.6) is 0 Å². The molecule has 0 aliphatic heterocycles. The first kappa shape index (κ1) is 21.2. The van der Waals surface area contributed by atoms with Crippen molar-refractivity contribution in [2.75, 3.05) is 11.5 Å². The van der Waals surface area contributed by atoms with Crippen LogP contribution in [0.4, 0.5) is 11.6 Å². The number of carbonyl (C=O) groups is 1. The zero-order valence-electron chi connectivity index (χ0n) is 18.4. The van der Waals surface area contributed by atoms with Gasteiger partial charge in [0.15, 0.2) is 0 Å². The van der Waals surface area contributed by atoms with Gasteiger partial charge in [-0.2, -0.15) is 10.2 Å². The Labute approximate surface area is 196 Å². The normalized spacial score (nSPS) is 11.1. The minimum absolute atomic E-state index is 0.271. The van der Waals surface area contributed by atoms with Gasteiger partial charge in [-0.25, -0.2) is 9.67 Å². The summed E-state index contributed by atoms with van der Waals surface area (Å²) in [5, 5.41) is 13.3. The third-order valence-corrected chi connectivity index (χ3v) is 5.70. The number of hydrogen-bond donors (Lipinski definition) is 3. The number of aromatic nitrogens is 5. The molecule has 0 saturated carbocycles. The molecule has 5 rings (SSSR count). The summed E-state index contributed by atoms with van der Waals surface area (Å²) in [7, 11) is 0. The second-order valence-corrected chi connectivity index (χ2v) is 8.06. The number of carbonyl (C=O) groups excluding carboxylic acids is 1. The van der Waals surface area contributed by atoms with Crippen molar-refractivity contribution in [3.63, 3.8) is 0 Å². The summed E-state index contributed by atoms with van der Waals surface area (Å²) >= 11 is 0. The number of nitrogens with two attached hydrogens (primary N) is 2. The van der Waals surface area contributed by atoms with Crippen molar-refractivity contribution in [2.24, 2.45) is 0 Å². The number of anilines is 2. The fourth-order valence-corrected chi connectivity index (χ4v) is 3.84. The van der Waals surface area contributed by atoms with Gasteiger partial charge in [-0.1, -0.05) is 36.4 Å². The molecule has 0 atom stereocenters. The van der Waals surface area contributed by atoms with Gasteiger partial charge >= 0.3 is 0 Å². The SMILES string of the molecule is Nc1nccc2cc(CNC(=O)c3cnn(Cc4ccc(Cn5cccn5)cc4)c3N)ccc12.